The van der Waals surface area contributed by atoms with Crippen molar-refractivity contribution in [1.82, 2.24) is 10.6 Å². The summed E-state index contributed by atoms with van der Waals surface area (Å²) < 4.78 is 27.4. The van der Waals surface area contributed by atoms with Crippen molar-refractivity contribution < 1.29 is 18.7 Å². The van der Waals surface area contributed by atoms with Gasteiger partial charge in [-0.1, -0.05) is 42.8 Å². The van der Waals surface area contributed by atoms with Crippen LogP contribution in [0.1, 0.15) is 55.7 Å². The van der Waals surface area contributed by atoms with Crippen molar-refractivity contribution in [2.75, 3.05) is 6.54 Å². The van der Waals surface area contributed by atoms with Gasteiger partial charge < -0.3 is 15.7 Å². The van der Waals surface area contributed by atoms with E-state index in [4.69, 9.17) is 0 Å². The Morgan fingerprint density at radius 3 is 2.52 bits per heavy atom. The Labute approximate surface area is 195 Å². The number of halogens is 2. The number of hydrogen-bond acceptors (Lipinski definition) is 3. The van der Waals surface area contributed by atoms with E-state index < -0.39 is 23.8 Å². The van der Waals surface area contributed by atoms with Gasteiger partial charge in [0.05, 0.1) is 12.1 Å². The number of carbonyl (C=O) groups is 1. The summed E-state index contributed by atoms with van der Waals surface area (Å²) in [5, 5.41) is 17.0. The lowest BCUT2D eigenvalue weighted by atomic mass is 9.96. The van der Waals surface area contributed by atoms with E-state index in [1.807, 2.05) is 12.1 Å². The molecule has 178 valence electrons. The third kappa shape index (κ3) is 8.37. The SMILES string of the molecule is CCc1cccc(CNC[C@@H](O)[C@H](Cc2cc(F)cc(F)c2)NC(=O)CC2=CCCCC2)c1. The highest BCUT2D eigenvalue weighted by molar-refractivity contribution is 5.79. The first-order valence-corrected chi connectivity index (χ1v) is 11.8. The number of aliphatic hydroxyl groups is 1. The van der Waals surface area contributed by atoms with Gasteiger partial charge in [-0.2, -0.15) is 0 Å². The summed E-state index contributed by atoms with van der Waals surface area (Å²) in [5.41, 5.74) is 3.85. The summed E-state index contributed by atoms with van der Waals surface area (Å²) in [5.74, 6) is -1.53. The molecule has 0 saturated heterocycles. The zero-order valence-electron chi connectivity index (χ0n) is 19.2. The fraction of sp³-hybridized carbons (Fsp3) is 0.444. The van der Waals surface area contributed by atoms with Crippen molar-refractivity contribution in [2.24, 2.45) is 0 Å². The van der Waals surface area contributed by atoms with Crippen LogP contribution < -0.4 is 10.6 Å². The molecule has 4 nitrogen and oxygen atoms in total. The second-order valence-corrected chi connectivity index (χ2v) is 8.81. The maximum Gasteiger partial charge on any atom is 0.224 e. The van der Waals surface area contributed by atoms with Crippen LogP contribution in [0.25, 0.3) is 0 Å². The summed E-state index contributed by atoms with van der Waals surface area (Å²) in [7, 11) is 0. The number of carbonyl (C=O) groups excluding carboxylic acids is 1. The minimum atomic E-state index is -0.921. The Bertz CT molecular complexity index is 941. The minimum absolute atomic E-state index is 0.133. The molecule has 0 unspecified atom stereocenters. The molecule has 0 aromatic heterocycles. The minimum Gasteiger partial charge on any atom is -0.390 e. The molecule has 6 heteroatoms. The van der Waals surface area contributed by atoms with Gasteiger partial charge in [0.1, 0.15) is 11.6 Å². The molecule has 0 heterocycles. The van der Waals surface area contributed by atoms with Gasteiger partial charge in [-0.25, -0.2) is 8.78 Å². The molecular weight excluding hydrogens is 422 g/mol. The number of aryl methyl sites for hydroxylation is 1. The summed E-state index contributed by atoms with van der Waals surface area (Å²) in [6.45, 7) is 2.91. The van der Waals surface area contributed by atoms with Gasteiger partial charge in [0.25, 0.3) is 0 Å². The third-order valence-corrected chi connectivity index (χ3v) is 6.04. The molecule has 0 aliphatic heterocycles. The second kappa shape index (κ2) is 12.6. The van der Waals surface area contributed by atoms with Gasteiger partial charge in [-0.3, -0.25) is 4.79 Å². The topological polar surface area (TPSA) is 61.4 Å². The van der Waals surface area contributed by atoms with E-state index in [2.05, 4.69) is 35.8 Å². The Balaban J connectivity index is 1.63. The van der Waals surface area contributed by atoms with Crippen molar-refractivity contribution in [3.8, 4) is 0 Å². The van der Waals surface area contributed by atoms with Crippen LogP contribution in [0, 0.1) is 11.6 Å². The zero-order valence-corrected chi connectivity index (χ0v) is 19.2. The van der Waals surface area contributed by atoms with E-state index in [1.54, 1.807) is 0 Å². The van der Waals surface area contributed by atoms with Crippen LogP contribution in [-0.4, -0.2) is 29.7 Å². The maximum absolute atomic E-state index is 13.7. The first-order valence-electron chi connectivity index (χ1n) is 11.8. The number of allylic oxidation sites excluding steroid dienone is 1. The van der Waals surface area contributed by atoms with Gasteiger partial charge in [-0.15, -0.1) is 0 Å². The van der Waals surface area contributed by atoms with Gasteiger partial charge in [-0.05, 0) is 67.3 Å². The lowest BCUT2D eigenvalue weighted by Crippen LogP contribution is -2.48. The van der Waals surface area contributed by atoms with Crippen LogP contribution in [0.15, 0.2) is 54.1 Å². The van der Waals surface area contributed by atoms with E-state index in [0.717, 1.165) is 49.3 Å². The number of amides is 1. The maximum atomic E-state index is 13.7. The van der Waals surface area contributed by atoms with Crippen LogP contribution >= 0.6 is 0 Å². The average Bonchev–Trinajstić information content (AvgIpc) is 2.78. The average molecular weight is 457 g/mol. The number of rotatable bonds is 11. The van der Waals surface area contributed by atoms with Crippen molar-refractivity contribution in [3.63, 3.8) is 0 Å². The fourth-order valence-electron chi connectivity index (χ4n) is 4.26. The molecule has 0 spiro atoms. The van der Waals surface area contributed by atoms with Gasteiger partial charge in [0.2, 0.25) is 5.91 Å². The van der Waals surface area contributed by atoms with Crippen molar-refractivity contribution in [2.45, 2.75) is 70.6 Å². The Morgan fingerprint density at radius 2 is 1.82 bits per heavy atom. The first kappa shape index (κ1) is 25.1. The van der Waals surface area contributed by atoms with Crippen LogP contribution in [0.2, 0.25) is 0 Å². The summed E-state index contributed by atoms with van der Waals surface area (Å²) >= 11 is 0. The molecule has 3 N–H and O–H groups in total. The molecule has 0 radical (unpaired) electrons. The molecule has 3 rings (SSSR count). The predicted molar refractivity (Wildman–Crippen MR) is 127 cm³/mol. The monoisotopic (exact) mass is 456 g/mol. The molecule has 0 saturated carbocycles. The van der Waals surface area contributed by atoms with Crippen molar-refractivity contribution in [3.05, 3.63) is 82.4 Å². The van der Waals surface area contributed by atoms with Crippen LogP contribution in [-0.2, 0) is 24.2 Å². The Kier molecular flexibility index (Phi) is 9.58. The van der Waals surface area contributed by atoms with E-state index in [9.17, 15) is 18.7 Å². The molecule has 33 heavy (non-hydrogen) atoms. The second-order valence-electron chi connectivity index (χ2n) is 8.81. The number of aliphatic hydroxyl groups excluding tert-OH is 1. The molecule has 1 aliphatic rings. The Hall–Kier alpha value is -2.57. The highest BCUT2D eigenvalue weighted by Gasteiger charge is 2.23. The molecular formula is C27H34F2N2O2. The van der Waals surface area contributed by atoms with Crippen LogP contribution in [0.5, 0.6) is 0 Å². The molecule has 2 atom stereocenters. The highest BCUT2D eigenvalue weighted by Crippen LogP contribution is 2.20. The van der Waals surface area contributed by atoms with Crippen molar-refractivity contribution in [1.29, 1.82) is 0 Å². The predicted octanol–water partition coefficient (Wildman–Crippen LogP) is 4.60. The zero-order chi connectivity index (χ0) is 23.6. The van der Waals surface area contributed by atoms with E-state index in [1.165, 1.54) is 17.7 Å². The molecule has 2 aromatic rings. The molecule has 0 fully saturated rings. The van der Waals surface area contributed by atoms with Crippen LogP contribution in [0.4, 0.5) is 8.78 Å². The molecule has 1 amide bonds. The Morgan fingerprint density at radius 1 is 1.06 bits per heavy atom. The van der Waals surface area contributed by atoms with Gasteiger partial charge >= 0.3 is 0 Å². The lowest BCUT2D eigenvalue weighted by Gasteiger charge is -2.25. The quantitative estimate of drug-likeness (QED) is 0.433. The highest BCUT2D eigenvalue weighted by atomic mass is 19.1. The third-order valence-electron chi connectivity index (χ3n) is 6.04. The van der Waals surface area contributed by atoms with Gasteiger partial charge in [0.15, 0.2) is 0 Å². The van der Waals surface area contributed by atoms with Gasteiger partial charge in [0, 0.05) is 25.6 Å². The standard InChI is InChI=1S/C27H34F2N2O2/c1-2-19-9-6-10-21(11-19)17-30-18-26(32)25(14-22-12-23(28)16-24(29)13-22)31-27(33)15-20-7-4-3-5-8-20/h6-7,9-13,16,25-26,30,32H,2-5,8,14-15,17-18H2,1H3,(H,31,33)/t25-,26+/m0/s1. The summed E-state index contributed by atoms with van der Waals surface area (Å²) in [6, 6.07) is 10.8. The number of nitrogens with one attached hydrogen (secondary N) is 2. The lowest BCUT2D eigenvalue weighted by molar-refractivity contribution is -0.122. The normalized spacial score (nSPS) is 15.6. The van der Waals surface area contributed by atoms with E-state index in [0.29, 0.717) is 12.1 Å². The van der Waals surface area contributed by atoms with E-state index >= 15 is 0 Å². The molecule has 2 aromatic carbocycles. The van der Waals surface area contributed by atoms with Crippen molar-refractivity contribution >= 4 is 5.91 Å². The van der Waals surface area contributed by atoms with E-state index in [-0.39, 0.29) is 25.3 Å². The smallest absolute Gasteiger partial charge is 0.224 e. The molecule has 0 bridgehead atoms. The van der Waals surface area contributed by atoms with Crippen LogP contribution in [0.3, 0.4) is 0 Å². The summed E-state index contributed by atoms with van der Waals surface area (Å²) in [6.07, 6.45) is 6.68. The number of hydrogen-bond donors (Lipinski definition) is 3. The molecule has 1 aliphatic carbocycles. The first-order chi connectivity index (χ1) is 15.9. The fourth-order valence-corrected chi connectivity index (χ4v) is 4.26. The largest absolute Gasteiger partial charge is 0.390 e. The summed E-state index contributed by atoms with van der Waals surface area (Å²) in [4.78, 5) is 12.7. The number of benzene rings is 2.